The molecule has 76 valence electrons. The highest BCUT2D eigenvalue weighted by atomic mass is 79.9. The number of hydrogen-bond acceptors (Lipinski definition) is 2. The molecule has 0 radical (unpaired) electrons. The second-order valence-electron chi connectivity index (χ2n) is 3.84. The lowest BCUT2D eigenvalue weighted by molar-refractivity contribution is 0.784. The quantitative estimate of drug-likeness (QED) is 0.912. The summed E-state index contributed by atoms with van der Waals surface area (Å²) in [7, 11) is 0. The Hall–Kier alpha value is -0.280. The van der Waals surface area contributed by atoms with Crippen LogP contribution in [-0.4, -0.2) is 11.5 Å². The maximum Gasteiger partial charge on any atom is 0.140 e. The monoisotopic (exact) mass is 274 g/mol. The molecule has 2 nitrogen and oxygen atoms in total. The number of pyridine rings is 1. The zero-order valence-electron chi connectivity index (χ0n) is 7.93. The smallest absolute Gasteiger partial charge is 0.140 e. The summed E-state index contributed by atoms with van der Waals surface area (Å²) in [5.74, 6) is 2.57. The van der Waals surface area contributed by atoms with Crippen LogP contribution in [0.4, 0.5) is 5.82 Å². The Balaban J connectivity index is 1.95. The van der Waals surface area contributed by atoms with Crippen LogP contribution < -0.4 is 5.32 Å². The van der Waals surface area contributed by atoms with Gasteiger partial charge in [0, 0.05) is 12.7 Å². The number of aromatic nitrogens is 1. The van der Waals surface area contributed by atoms with E-state index >= 15 is 0 Å². The molecule has 14 heavy (non-hydrogen) atoms. The van der Waals surface area contributed by atoms with Crippen LogP contribution in [0.3, 0.4) is 0 Å². The average Bonchev–Trinajstić information content (AvgIpc) is 2.80. The fourth-order valence-corrected chi connectivity index (χ4v) is 2.23. The van der Waals surface area contributed by atoms with Gasteiger partial charge < -0.3 is 5.32 Å². The van der Waals surface area contributed by atoms with Gasteiger partial charge in [-0.1, -0.05) is 18.5 Å². The number of rotatable bonds is 3. The van der Waals surface area contributed by atoms with Gasteiger partial charge in [-0.25, -0.2) is 4.98 Å². The van der Waals surface area contributed by atoms with Crippen LogP contribution in [0.5, 0.6) is 0 Å². The third-order valence-electron chi connectivity index (χ3n) is 2.62. The Bertz CT molecular complexity index is 343. The van der Waals surface area contributed by atoms with E-state index in [4.69, 9.17) is 11.6 Å². The molecule has 4 heteroatoms. The second kappa shape index (κ2) is 4.07. The highest BCUT2D eigenvalue weighted by Crippen LogP contribution is 2.37. The van der Waals surface area contributed by atoms with Gasteiger partial charge in [-0.15, -0.1) is 0 Å². The van der Waals surface area contributed by atoms with Crippen molar-refractivity contribution in [1.82, 2.24) is 4.98 Å². The Kier molecular flexibility index (Phi) is 2.98. The van der Waals surface area contributed by atoms with Gasteiger partial charge >= 0.3 is 0 Å². The molecule has 0 aliphatic heterocycles. The van der Waals surface area contributed by atoms with Crippen LogP contribution in [0, 0.1) is 11.8 Å². The Labute approximate surface area is 97.2 Å². The molecule has 2 rings (SSSR count). The number of anilines is 1. The van der Waals surface area contributed by atoms with Crippen molar-refractivity contribution in [3.63, 3.8) is 0 Å². The summed E-state index contributed by atoms with van der Waals surface area (Å²) in [6, 6.07) is 1.85. The summed E-state index contributed by atoms with van der Waals surface area (Å²) in [5, 5.41) is 3.97. The first-order valence-corrected chi connectivity index (χ1v) is 5.89. The van der Waals surface area contributed by atoms with Crippen LogP contribution >= 0.6 is 27.5 Å². The van der Waals surface area contributed by atoms with Gasteiger partial charge in [0.25, 0.3) is 0 Å². The van der Waals surface area contributed by atoms with Crippen LogP contribution in [0.2, 0.25) is 5.02 Å². The van der Waals surface area contributed by atoms with E-state index in [1.54, 1.807) is 6.20 Å². The van der Waals surface area contributed by atoms with E-state index in [1.807, 2.05) is 6.07 Å². The highest BCUT2D eigenvalue weighted by Gasteiger charge is 2.32. The van der Waals surface area contributed by atoms with Crippen molar-refractivity contribution in [2.45, 2.75) is 13.3 Å². The van der Waals surface area contributed by atoms with E-state index in [0.29, 0.717) is 5.02 Å². The minimum atomic E-state index is 0.655. The average molecular weight is 276 g/mol. The molecule has 0 bridgehead atoms. The summed E-state index contributed by atoms with van der Waals surface area (Å²) in [4.78, 5) is 4.21. The van der Waals surface area contributed by atoms with E-state index in [9.17, 15) is 0 Å². The van der Waals surface area contributed by atoms with E-state index in [2.05, 4.69) is 33.2 Å². The van der Waals surface area contributed by atoms with Gasteiger partial charge in [0.1, 0.15) is 5.82 Å². The topological polar surface area (TPSA) is 24.9 Å². The van der Waals surface area contributed by atoms with Crippen LogP contribution in [0.25, 0.3) is 0 Å². The Morgan fingerprint density at radius 1 is 1.71 bits per heavy atom. The molecule has 0 saturated heterocycles. The molecule has 0 amide bonds. The third kappa shape index (κ3) is 2.39. The normalized spacial score (nSPS) is 24.8. The molecule has 1 N–H and O–H groups in total. The third-order valence-corrected chi connectivity index (χ3v) is 3.43. The van der Waals surface area contributed by atoms with Crippen molar-refractivity contribution >= 4 is 33.3 Å². The lowest BCUT2D eigenvalue weighted by atomic mass is 10.3. The Morgan fingerprint density at radius 3 is 3.00 bits per heavy atom. The summed E-state index contributed by atoms with van der Waals surface area (Å²) in [6.07, 6.45) is 2.99. The van der Waals surface area contributed by atoms with E-state index in [-0.39, 0.29) is 0 Å². The van der Waals surface area contributed by atoms with Crippen LogP contribution in [0.1, 0.15) is 13.3 Å². The van der Waals surface area contributed by atoms with Crippen LogP contribution in [-0.2, 0) is 0 Å². The second-order valence-corrected chi connectivity index (χ2v) is 5.13. The molecule has 1 aliphatic rings. The van der Waals surface area contributed by atoms with Gasteiger partial charge in [-0.05, 0) is 40.3 Å². The zero-order chi connectivity index (χ0) is 10.1. The minimum absolute atomic E-state index is 0.655. The van der Waals surface area contributed by atoms with Gasteiger partial charge in [-0.2, -0.15) is 0 Å². The predicted octanol–water partition coefficient (Wildman–Crippen LogP) is 3.57. The van der Waals surface area contributed by atoms with Crippen molar-refractivity contribution in [2.75, 3.05) is 11.9 Å². The minimum Gasteiger partial charge on any atom is -0.369 e. The van der Waals surface area contributed by atoms with Crippen molar-refractivity contribution in [1.29, 1.82) is 0 Å². The van der Waals surface area contributed by atoms with Crippen molar-refractivity contribution in [2.24, 2.45) is 11.8 Å². The molecule has 1 saturated carbocycles. The first-order chi connectivity index (χ1) is 6.66. The zero-order valence-corrected chi connectivity index (χ0v) is 10.3. The largest absolute Gasteiger partial charge is 0.369 e. The molecular weight excluding hydrogens is 263 g/mol. The van der Waals surface area contributed by atoms with Crippen molar-refractivity contribution in [3.8, 4) is 0 Å². The first kappa shape index (κ1) is 10.2. The predicted molar refractivity (Wildman–Crippen MR) is 62.7 cm³/mol. The van der Waals surface area contributed by atoms with Crippen molar-refractivity contribution < 1.29 is 0 Å². The van der Waals surface area contributed by atoms with Gasteiger partial charge in [0.2, 0.25) is 0 Å². The van der Waals surface area contributed by atoms with Gasteiger partial charge in [0.05, 0.1) is 9.50 Å². The van der Waals surface area contributed by atoms with Crippen molar-refractivity contribution in [3.05, 3.63) is 21.8 Å². The molecule has 2 unspecified atom stereocenters. The molecule has 0 spiro atoms. The van der Waals surface area contributed by atoms with Gasteiger partial charge in [0.15, 0.2) is 0 Å². The number of halogens is 2. The van der Waals surface area contributed by atoms with Crippen LogP contribution in [0.15, 0.2) is 16.7 Å². The number of hydrogen-bond donors (Lipinski definition) is 1. The molecule has 2 atom stereocenters. The van der Waals surface area contributed by atoms with Gasteiger partial charge in [-0.3, -0.25) is 0 Å². The SMILES string of the molecule is CC1CC1CNc1ncc(Cl)cc1Br. The van der Waals surface area contributed by atoms with E-state index < -0.39 is 0 Å². The summed E-state index contributed by atoms with van der Waals surface area (Å²) in [5.41, 5.74) is 0. The van der Waals surface area contributed by atoms with E-state index in [0.717, 1.165) is 28.7 Å². The van der Waals surface area contributed by atoms with E-state index in [1.165, 1.54) is 6.42 Å². The molecule has 1 heterocycles. The summed E-state index contributed by atoms with van der Waals surface area (Å²) in [6.45, 7) is 3.28. The lowest BCUT2D eigenvalue weighted by Gasteiger charge is -2.06. The summed E-state index contributed by atoms with van der Waals surface area (Å²) >= 11 is 9.22. The fourth-order valence-electron chi connectivity index (χ4n) is 1.46. The Morgan fingerprint density at radius 2 is 2.43 bits per heavy atom. The summed E-state index contributed by atoms with van der Waals surface area (Å²) < 4.78 is 0.929. The standard InChI is InChI=1S/C10H12BrClN2/c1-6-2-7(6)4-13-10-9(11)3-8(12)5-14-10/h3,5-7H,2,4H2,1H3,(H,13,14). The molecule has 1 aromatic heterocycles. The molecule has 1 fully saturated rings. The first-order valence-electron chi connectivity index (χ1n) is 4.71. The lowest BCUT2D eigenvalue weighted by Crippen LogP contribution is -2.06. The fraction of sp³-hybridized carbons (Fsp3) is 0.500. The maximum atomic E-state index is 5.79. The molecular formula is C10H12BrClN2. The number of nitrogens with one attached hydrogen (secondary N) is 1. The maximum absolute atomic E-state index is 5.79. The highest BCUT2D eigenvalue weighted by molar-refractivity contribution is 9.10. The molecule has 1 aliphatic carbocycles. The molecule has 0 aromatic carbocycles. The molecule has 1 aromatic rings. The number of nitrogens with zero attached hydrogens (tertiary/aromatic N) is 1.